The Bertz CT molecular complexity index is 764. The van der Waals surface area contributed by atoms with Gasteiger partial charge in [-0.15, -0.1) is 0 Å². The number of carbonyl (C=O) groups excluding carboxylic acids is 1. The standard InChI is InChI=1S/C19H26FN3O2S/c1-18(2,3)11-19(4,5)23-17-22-16(25)14(26-17)10-15(24)21-13-8-6-12(20)7-9-13/h6-9,25H,10-11H2,1-5H3,(H,21,24)(H,22,23). The highest BCUT2D eigenvalue weighted by Gasteiger charge is 2.27. The Kier molecular flexibility index (Phi) is 5.91. The predicted octanol–water partition coefficient (Wildman–Crippen LogP) is 4.80. The van der Waals surface area contributed by atoms with E-state index in [9.17, 15) is 14.3 Å². The van der Waals surface area contributed by atoms with Gasteiger partial charge in [-0.1, -0.05) is 32.1 Å². The van der Waals surface area contributed by atoms with Gasteiger partial charge in [-0.05, 0) is 49.9 Å². The minimum absolute atomic E-state index is 0.00224. The molecule has 0 aliphatic heterocycles. The molecule has 3 N–H and O–H groups in total. The maximum atomic E-state index is 12.9. The molecule has 1 amide bonds. The molecule has 0 fully saturated rings. The van der Waals surface area contributed by atoms with Crippen LogP contribution in [0.1, 0.15) is 45.9 Å². The molecule has 1 aromatic carbocycles. The molecule has 0 radical (unpaired) electrons. The van der Waals surface area contributed by atoms with Crippen LogP contribution in [0.25, 0.3) is 0 Å². The molecule has 0 unspecified atom stereocenters. The van der Waals surface area contributed by atoms with Crippen molar-refractivity contribution >= 4 is 28.1 Å². The molecule has 5 nitrogen and oxygen atoms in total. The quantitative estimate of drug-likeness (QED) is 0.674. The van der Waals surface area contributed by atoms with E-state index in [-0.39, 0.29) is 35.0 Å². The molecular formula is C19H26FN3O2S. The lowest BCUT2D eigenvalue weighted by molar-refractivity contribution is -0.115. The number of hydrogen-bond donors (Lipinski definition) is 3. The SMILES string of the molecule is CC(C)(C)CC(C)(C)Nc1nc(O)c(CC(=O)Nc2ccc(F)cc2)s1. The first-order chi connectivity index (χ1) is 11.9. The maximum absolute atomic E-state index is 12.9. The van der Waals surface area contributed by atoms with Crippen molar-refractivity contribution in [3.05, 3.63) is 35.0 Å². The van der Waals surface area contributed by atoms with Gasteiger partial charge in [0.15, 0.2) is 5.13 Å². The number of halogens is 1. The van der Waals surface area contributed by atoms with Crippen LogP contribution in [-0.2, 0) is 11.2 Å². The molecule has 0 aliphatic carbocycles. The zero-order valence-corrected chi connectivity index (χ0v) is 16.6. The molecule has 1 aromatic heterocycles. The fourth-order valence-electron chi connectivity index (χ4n) is 3.06. The van der Waals surface area contributed by atoms with Crippen molar-refractivity contribution in [2.45, 2.75) is 53.0 Å². The van der Waals surface area contributed by atoms with Crippen molar-refractivity contribution < 1.29 is 14.3 Å². The van der Waals surface area contributed by atoms with Crippen LogP contribution >= 0.6 is 11.3 Å². The summed E-state index contributed by atoms with van der Waals surface area (Å²) in [6.07, 6.45) is 0.920. The first kappa shape index (κ1) is 20.2. The second kappa shape index (κ2) is 7.61. The molecular weight excluding hydrogens is 353 g/mol. The van der Waals surface area contributed by atoms with Crippen LogP contribution in [-0.4, -0.2) is 21.5 Å². The van der Waals surface area contributed by atoms with Crippen molar-refractivity contribution in [2.24, 2.45) is 5.41 Å². The molecule has 0 aliphatic rings. The highest BCUT2D eigenvalue weighted by atomic mass is 32.1. The van der Waals surface area contributed by atoms with Crippen LogP contribution in [0.15, 0.2) is 24.3 Å². The largest absolute Gasteiger partial charge is 0.492 e. The van der Waals surface area contributed by atoms with Crippen LogP contribution in [0.5, 0.6) is 5.88 Å². The lowest BCUT2D eigenvalue weighted by Gasteiger charge is -2.33. The van der Waals surface area contributed by atoms with E-state index < -0.39 is 0 Å². The van der Waals surface area contributed by atoms with Gasteiger partial charge < -0.3 is 15.7 Å². The highest BCUT2D eigenvalue weighted by Crippen LogP contribution is 2.34. The molecule has 0 atom stereocenters. The van der Waals surface area contributed by atoms with E-state index in [0.717, 1.165) is 6.42 Å². The molecule has 0 bridgehead atoms. The summed E-state index contributed by atoms with van der Waals surface area (Å²) in [4.78, 5) is 16.8. The number of nitrogens with zero attached hydrogens (tertiary/aromatic N) is 1. The number of thiazole rings is 1. The third kappa shape index (κ3) is 6.29. The second-order valence-corrected chi connectivity index (χ2v) is 9.33. The van der Waals surface area contributed by atoms with Crippen molar-refractivity contribution in [3.8, 4) is 5.88 Å². The third-order valence-electron chi connectivity index (χ3n) is 3.54. The second-order valence-electron chi connectivity index (χ2n) is 8.24. The average molecular weight is 380 g/mol. The van der Waals surface area contributed by atoms with E-state index >= 15 is 0 Å². The minimum atomic E-state index is -0.364. The molecule has 1 heterocycles. The van der Waals surface area contributed by atoms with Gasteiger partial charge in [0.05, 0.1) is 11.3 Å². The molecule has 7 heteroatoms. The van der Waals surface area contributed by atoms with Gasteiger partial charge in [-0.2, -0.15) is 4.98 Å². The Hall–Kier alpha value is -2.15. The van der Waals surface area contributed by atoms with Gasteiger partial charge in [-0.3, -0.25) is 4.79 Å². The normalized spacial score (nSPS) is 12.1. The zero-order chi connectivity index (χ0) is 19.5. The third-order valence-corrected chi connectivity index (χ3v) is 4.50. The van der Waals surface area contributed by atoms with Crippen molar-refractivity contribution in [2.75, 3.05) is 10.6 Å². The van der Waals surface area contributed by atoms with Gasteiger partial charge in [0.1, 0.15) is 5.82 Å². The van der Waals surface area contributed by atoms with Gasteiger partial charge in [-0.25, -0.2) is 4.39 Å². The van der Waals surface area contributed by atoms with E-state index in [4.69, 9.17) is 0 Å². The molecule has 142 valence electrons. The molecule has 2 aromatic rings. The fourth-order valence-corrected chi connectivity index (χ4v) is 4.09. The number of rotatable bonds is 6. The van der Waals surface area contributed by atoms with Gasteiger partial charge in [0.25, 0.3) is 0 Å². The molecule has 0 saturated heterocycles. The molecule has 26 heavy (non-hydrogen) atoms. The van der Waals surface area contributed by atoms with E-state index in [1.165, 1.54) is 35.6 Å². The number of aromatic hydroxyl groups is 1. The van der Waals surface area contributed by atoms with Gasteiger partial charge in [0.2, 0.25) is 11.8 Å². The number of anilines is 2. The summed E-state index contributed by atoms with van der Waals surface area (Å²) in [5.74, 6) is -0.800. The average Bonchev–Trinajstić information content (AvgIpc) is 2.77. The lowest BCUT2D eigenvalue weighted by Crippen LogP contribution is -2.35. The maximum Gasteiger partial charge on any atom is 0.229 e. The number of benzene rings is 1. The molecule has 2 rings (SSSR count). The number of carbonyl (C=O) groups is 1. The summed E-state index contributed by atoms with van der Waals surface area (Å²) in [6.45, 7) is 10.7. The number of hydrogen-bond acceptors (Lipinski definition) is 5. The Morgan fingerprint density at radius 1 is 1.19 bits per heavy atom. The van der Waals surface area contributed by atoms with Crippen molar-refractivity contribution in [3.63, 3.8) is 0 Å². The van der Waals surface area contributed by atoms with Crippen LogP contribution in [0.4, 0.5) is 15.2 Å². The monoisotopic (exact) mass is 379 g/mol. The van der Waals surface area contributed by atoms with Gasteiger partial charge >= 0.3 is 0 Å². The summed E-state index contributed by atoms with van der Waals surface area (Å²) in [6, 6.07) is 5.53. The van der Waals surface area contributed by atoms with E-state index in [1.54, 1.807) is 0 Å². The molecule has 0 spiro atoms. The van der Waals surface area contributed by atoms with Crippen molar-refractivity contribution in [1.82, 2.24) is 4.98 Å². The number of nitrogens with one attached hydrogen (secondary N) is 2. The first-order valence-corrected chi connectivity index (χ1v) is 9.27. The summed E-state index contributed by atoms with van der Waals surface area (Å²) in [5, 5.41) is 16.6. The smallest absolute Gasteiger partial charge is 0.229 e. The van der Waals surface area contributed by atoms with Crippen LogP contribution in [0.2, 0.25) is 0 Å². The zero-order valence-electron chi connectivity index (χ0n) is 15.8. The Balaban J connectivity index is 2.01. The van der Waals surface area contributed by atoms with Crippen LogP contribution < -0.4 is 10.6 Å². The van der Waals surface area contributed by atoms with Crippen LogP contribution in [0, 0.1) is 11.2 Å². The van der Waals surface area contributed by atoms with Crippen LogP contribution in [0.3, 0.4) is 0 Å². The Labute approximate surface area is 157 Å². The van der Waals surface area contributed by atoms with E-state index in [1.807, 2.05) is 0 Å². The van der Waals surface area contributed by atoms with Crippen molar-refractivity contribution in [1.29, 1.82) is 0 Å². The predicted molar refractivity (Wildman–Crippen MR) is 104 cm³/mol. The van der Waals surface area contributed by atoms with E-state index in [2.05, 4.69) is 50.2 Å². The summed E-state index contributed by atoms with van der Waals surface area (Å²) >= 11 is 1.26. The fraction of sp³-hybridized carbons (Fsp3) is 0.474. The summed E-state index contributed by atoms with van der Waals surface area (Å²) in [5.41, 5.74) is 0.453. The Morgan fingerprint density at radius 3 is 2.38 bits per heavy atom. The summed E-state index contributed by atoms with van der Waals surface area (Å²) < 4.78 is 12.9. The summed E-state index contributed by atoms with van der Waals surface area (Å²) in [7, 11) is 0. The number of aromatic nitrogens is 1. The van der Waals surface area contributed by atoms with E-state index in [0.29, 0.717) is 15.7 Å². The van der Waals surface area contributed by atoms with Gasteiger partial charge in [0, 0.05) is 11.2 Å². The molecule has 0 saturated carbocycles. The number of amides is 1. The Morgan fingerprint density at radius 2 is 1.81 bits per heavy atom. The lowest BCUT2D eigenvalue weighted by atomic mass is 9.82. The first-order valence-electron chi connectivity index (χ1n) is 8.46. The highest BCUT2D eigenvalue weighted by molar-refractivity contribution is 7.16. The topological polar surface area (TPSA) is 74.2 Å². The minimum Gasteiger partial charge on any atom is -0.492 e.